The first kappa shape index (κ1) is 20.0. The van der Waals surface area contributed by atoms with Gasteiger partial charge in [0.1, 0.15) is 18.1 Å². The molecule has 1 aliphatic heterocycles. The SMILES string of the molecule is Cc1ccc(-c2cccc(COc3ccc4c(c3)OCC4C(C)C(=O)O)c2)c(C)c1. The average molecular weight is 402 g/mol. The molecule has 0 amide bonds. The molecular weight excluding hydrogens is 376 g/mol. The van der Waals surface area contributed by atoms with Gasteiger partial charge in [-0.15, -0.1) is 0 Å². The Morgan fingerprint density at radius 2 is 1.97 bits per heavy atom. The van der Waals surface area contributed by atoms with E-state index in [1.807, 2.05) is 18.2 Å². The minimum atomic E-state index is -0.805. The van der Waals surface area contributed by atoms with E-state index in [2.05, 4.69) is 56.3 Å². The first-order chi connectivity index (χ1) is 14.4. The van der Waals surface area contributed by atoms with E-state index in [0.717, 1.165) is 16.9 Å². The molecule has 4 nitrogen and oxygen atoms in total. The highest BCUT2D eigenvalue weighted by molar-refractivity contribution is 5.71. The van der Waals surface area contributed by atoms with Crippen molar-refractivity contribution in [2.75, 3.05) is 6.61 Å². The molecule has 0 radical (unpaired) electrons. The van der Waals surface area contributed by atoms with Crippen LogP contribution in [0.3, 0.4) is 0 Å². The lowest BCUT2D eigenvalue weighted by Crippen LogP contribution is -2.19. The number of hydrogen-bond donors (Lipinski definition) is 1. The van der Waals surface area contributed by atoms with Crippen molar-refractivity contribution in [3.8, 4) is 22.6 Å². The molecule has 1 aliphatic rings. The van der Waals surface area contributed by atoms with E-state index in [-0.39, 0.29) is 5.92 Å². The molecule has 2 unspecified atom stereocenters. The smallest absolute Gasteiger partial charge is 0.306 e. The minimum absolute atomic E-state index is 0.124. The third kappa shape index (κ3) is 4.04. The second-order valence-electron chi connectivity index (χ2n) is 8.05. The van der Waals surface area contributed by atoms with Crippen molar-refractivity contribution in [1.29, 1.82) is 0 Å². The van der Waals surface area contributed by atoms with Crippen LogP contribution < -0.4 is 9.47 Å². The fraction of sp³-hybridized carbons (Fsp3) is 0.269. The number of hydrogen-bond acceptors (Lipinski definition) is 3. The van der Waals surface area contributed by atoms with Gasteiger partial charge in [0.15, 0.2) is 0 Å². The van der Waals surface area contributed by atoms with Crippen LogP contribution in [0.1, 0.15) is 35.1 Å². The quantitative estimate of drug-likeness (QED) is 0.571. The molecule has 154 valence electrons. The summed E-state index contributed by atoms with van der Waals surface area (Å²) in [5, 5.41) is 9.29. The molecule has 1 N–H and O–H groups in total. The normalized spacial score (nSPS) is 15.9. The van der Waals surface area contributed by atoms with Gasteiger partial charge in [0, 0.05) is 17.5 Å². The highest BCUT2D eigenvalue weighted by Crippen LogP contribution is 2.40. The fourth-order valence-electron chi connectivity index (χ4n) is 4.02. The number of carboxylic acids is 1. The molecule has 3 aromatic rings. The average Bonchev–Trinajstić information content (AvgIpc) is 3.15. The van der Waals surface area contributed by atoms with Gasteiger partial charge in [-0.05, 0) is 48.2 Å². The Morgan fingerprint density at radius 3 is 2.73 bits per heavy atom. The van der Waals surface area contributed by atoms with Gasteiger partial charge in [-0.2, -0.15) is 0 Å². The van der Waals surface area contributed by atoms with Crippen LogP contribution in [0.4, 0.5) is 0 Å². The van der Waals surface area contributed by atoms with E-state index in [0.29, 0.717) is 19.0 Å². The Balaban J connectivity index is 1.48. The van der Waals surface area contributed by atoms with Crippen molar-refractivity contribution >= 4 is 5.97 Å². The van der Waals surface area contributed by atoms with E-state index in [4.69, 9.17) is 9.47 Å². The van der Waals surface area contributed by atoms with Crippen molar-refractivity contribution in [1.82, 2.24) is 0 Å². The van der Waals surface area contributed by atoms with Crippen LogP contribution in [-0.4, -0.2) is 17.7 Å². The standard InChI is InChI=1S/C26H26O4/c1-16-7-9-22(17(2)11-16)20-6-4-5-19(12-20)14-29-21-8-10-23-24(18(3)26(27)28)15-30-25(23)13-21/h4-13,18,24H,14-15H2,1-3H3,(H,27,28). The van der Waals surface area contributed by atoms with Crippen molar-refractivity contribution in [3.05, 3.63) is 82.9 Å². The molecule has 0 saturated heterocycles. The third-order valence-electron chi connectivity index (χ3n) is 5.82. The fourth-order valence-corrected chi connectivity index (χ4v) is 4.02. The highest BCUT2D eigenvalue weighted by Gasteiger charge is 2.33. The zero-order valence-electron chi connectivity index (χ0n) is 17.5. The van der Waals surface area contributed by atoms with Crippen LogP contribution in [0.2, 0.25) is 0 Å². The summed E-state index contributed by atoms with van der Waals surface area (Å²) in [6.07, 6.45) is 0. The summed E-state index contributed by atoms with van der Waals surface area (Å²) in [7, 11) is 0. The summed E-state index contributed by atoms with van der Waals surface area (Å²) < 4.78 is 11.7. The summed E-state index contributed by atoms with van der Waals surface area (Å²) in [6, 6.07) is 20.6. The van der Waals surface area contributed by atoms with Crippen molar-refractivity contribution in [2.45, 2.75) is 33.3 Å². The number of aryl methyl sites for hydroxylation is 2. The lowest BCUT2D eigenvalue weighted by molar-refractivity contribution is -0.142. The molecule has 0 saturated carbocycles. The van der Waals surface area contributed by atoms with E-state index >= 15 is 0 Å². The maximum absolute atomic E-state index is 11.3. The first-order valence-electron chi connectivity index (χ1n) is 10.2. The van der Waals surface area contributed by atoms with Gasteiger partial charge in [-0.3, -0.25) is 4.79 Å². The maximum atomic E-state index is 11.3. The van der Waals surface area contributed by atoms with Crippen LogP contribution in [0.25, 0.3) is 11.1 Å². The molecule has 4 heteroatoms. The van der Waals surface area contributed by atoms with E-state index in [1.165, 1.54) is 22.3 Å². The number of carbonyl (C=O) groups is 1. The maximum Gasteiger partial charge on any atom is 0.306 e. The van der Waals surface area contributed by atoms with E-state index < -0.39 is 11.9 Å². The van der Waals surface area contributed by atoms with Crippen LogP contribution >= 0.6 is 0 Å². The summed E-state index contributed by atoms with van der Waals surface area (Å²) >= 11 is 0. The lowest BCUT2D eigenvalue weighted by Gasteiger charge is -2.14. The Hall–Kier alpha value is -3.27. The van der Waals surface area contributed by atoms with Gasteiger partial charge >= 0.3 is 5.97 Å². The van der Waals surface area contributed by atoms with Crippen molar-refractivity contribution in [3.63, 3.8) is 0 Å². The van der Waals surface area contributed by atoms with Crippen LogP contribution in [0, 0.1) is 19.8 Å². The number of ether oxygens (including phenoxy) is 2. The number of carboxylic acid groups (broad SMARTS) is 1. The van der Waals surface area contributed by atoms with Gasteiger partial charge < -0.3 is 14.6 Å². The third-order valence-corrected chi connectivity index (χ3v) is 5.82. The highest BCUT2D eigenvalue weighted by atomic mass is 16.5. The van der Waals surface area contributed by atoms with Crippen molar-refractivity contribution in [2.24, 2.45) is 5.92 Å². The van der Waals surface area contributed by atoms with Gasteiger partial charge in [0.25, 0.3) is 0 Å². The molecule has 3 aromatic carbocycles. The molecule has 0 fully saturated rings. The molecule has 4 rings (SSSR count). The van der Waals surface area contributed by atoms with E-state index in [1.54, 1.807) is 6.92 Å². The Labute approximate surface area is 177 Å². The predicted molar refractivity (Wildman–Crippen MR) is 117 cm³/mol. The molecule has 30 heavy (non-hydrogen) atoms. The summed E-state index contributed by atoms with van der Waals surface area (Å²) in [6.45, 7) is 6.80. The van der Waals surface area contributed by atoms with Crippen LogP contribution in [0.5, 0.6) is 11.5 Å². The van der Waals surface area contributed by atoms with Gasteiger partial charge in [-0.1, -0.05) is 55.0 Å². The first-order valence-corrected chi connectivity index (χ1v) is 10.2. The van der Waals surface area contributed by atoms with Gasteiger partial charge in [-0.25, -0.2) is 0 Å². The molecule has 0 aliphatic carbocycles. The number of benzene rings is 3. The van der Waals surface area contributed by atoms with Crippen LogP contribution in [-0.2, 0) is 11.4 Å². The molecular formula is C26H26O4. The minimum Gasteiger partial charge on any atom is -0.492 e. The Morgan fingerprint density at radius 1 is 1.13 bits per heavy atom. The molecule has 0 bridgehead atoms. The largest absolute Gasteiger partial charge is 0.492 e. The molecule has 0 spiro atoms. The monoisotopic (exact) mass is 402 g/mol. The summed E-state index contributed by atoms with van der Waals surface area (Å²) in [5.74, 6) is 0.0244. The number of aliphatic carboxylic acids is 1. The number of fused-ring (bicyclic) bond motifs is 1. The predicted octanol–water partition coefficient (Wildman–Crippen LogP) is 5.75. The second kappa shape index (κ2) is 8.23. The van der Waals surface area contributed by atoms with E-state index in [9.17, 15) is 9.90 Å². The topological polar surface area (TPSA) is 55.8 Å². The zero-order chi connectivity index (χ0) is 21.3. The summed E-state index contributed by atoms with van der Waals surface area (Å²) in [4.78, 5) is 11.3. The molecule has 0 aromatic heterocycles. The lowest BCUT2D eigenvalue weighted by atomic mass is 9.89. The second-order valence-corrected chi connectivity index (χ2v) is 8.05. The Bertz CT molecular complexity index is 1090. The zero-order valence-corrected chi connectivity index (χ0v) is 17.5. The molecule has 1 heterocycles. The van der Waals surface area contributed by atoms with Gasteiger partial charge in [0.05, 0.1) is 12.5 Å². The Kier molecular flexibility index (Phi) is 5.49. The van der Waals surface area contributed by atoms with Crippen molar-refractivity contribution < 1.29 is 19.4 Å². The van der Waals surface area contributed by atoms with Gasteiger partial charge in [0.2, 0.25) is 0 Å². The molecule has 2 atom stereocenters. The number of rotatable bonds is 6. The van der Waals surface area contributed by atoms with Crippen LogP contribution in [0.15, 0.2) is 60.7 Å². The summed E-state index contributed by atoms with van der Waals surface area (Å²) in [5.41, 5.74) is 6.95.